The molecule has 23 heavy (non-hydrogen) atoms. The molecule has 3 rings (SSSR count). The number of nitrogens with one attached hydrogen (secondary N) is 1. The van der Waals surface area contributed by atoms with Gasteiger partial charge in [0.05, 0.1) is 5.69 Å². The minimum Gasteiger partial charge on any atom is -0.319 e. The molecule has 1 amide bonds. The number of halogens is 2. The Morgan fingerprint density at radius 2 is 1.96 bits per heavy atom. The zero-order chi connectivity index (χ0) is 16.4. The molecule has 0 bridgehead atoms. The van der Waals surface area contributed by atoms with Crippen molar-refractivity contribution < 1.29 is 9.18 Å². The first kappa shape index (κ1) is 15.8. The van der Waals surface area contributed by atoms with Crippen LogP contribution in [0.15, 0.2) is 52.3 Å². The molecule has 0 fully saturated rings. The minimum absolute atomic E-state index is 0.151. The molecule has 2 aromatic carbocycles. The smallest absolute Gasteiger partial charge is 0.255 e. The van der Waals surface area contributed by atoms with Gasteiger partial charge in [-0.25, -0.2) is 9.37 Å². The Morgan fingerprint density at radius 3 is 2.57 bits per heavy atom. The Balaban J connectivity index is 1.77. The van der Waals surface area contributed by atoms with Crippen molar-refractivity contribution >= 4 is 38.9 Å². The maximum absolute atomic E-state index is 13.8. The molecule has 6 heteroatoms. The third-order valence-electron chi connectivity index (χ3n) is 3.19. The summed E-state index contributed by atoms with van der Waals surface area (Å²) in [6.45, 7) is 1.94. The van der Waals surface area contributed by atoms with Crippen molar-refractivity contribution in [2.75, 3.05) is 5.32 Å². The van der Waals surface area contributed by atoms with Crippen LogP contribution in [0.4, 0.5) is 10.1 Å². The second-order valence-corrected chi connectivity index (χ2v) is 6.72. The fourth-order valence-electron chi connectivity index (χ4n) is 2.04. The van der Waals surface area contributed by atoms with Crippen LogP contribution in [0.1, 0.15) is 16.1 Å². The van der Waals surface area contributed by atoms with Gasteiger partial charge in [0.1, 0.15) is 10.8 Å². The summed E-state index contributed by atoms with van der Waals surface area (Å²) in [6.07, 6.45) is 0. The summed E-state index contributed by atoms with van der Waals surface area (Å²) in [5.74, 6) is -0.837. The number of benzene rings is 2. The summed E-state index contributed by atoms with van der Waals surface area (Å²) < 4.78 is 14.4. The third kappa shape index (κ3) is 3.65. The van der Waals surface area contributed by atoms with Gasteiger partial charge >= 0.3 is 0 Å². The molecule has 116 valence electrons. The van der Waals surface area contributed by atoms with Crippen molar-refractivity contribution in [3.8, 4) is 10.6 Å². The van der Waals surface area contributed by atoms with Crippen molar-refractivity contribution in [1.82, 2.24) is 4.98 Å². The van der Waals surface area contributed by atoms with E-state index in [2.05, 4.69) is 26.2 Å². The van der Waals surface area contributed by atoms with E-state index in [0.717, 1.165) is 16.3 Å². The lowest BCUT2D eigenvalue weighted by molar-refractivity contribution is 0.102. The number of nitrogens with zero attached hydrogens (tertiary/aromatic N) is 1. The Kier molecular flexibility index (Phi) is 4.54. The van der Waals surface area contributed by atoms with Gasteiger partial charge in [-0.05, 0) is 37.3 Å². The molecule has 1 N–H and O–H groups in total. The van der Waals surface area contributed by atoms with Crippen LogP contribution >= 0.6 is 27.3 Å². The van der Waals surface area contributed by atoms with Gasteiger partial charge in [-0.1, -0.05) is 28.1 Å². The number of anilines is 1. The molecule has 1 aromatic heterocycles. The van der Waals surface area contributed by atoms with Crippen molar-refractivity contribution in [1.29, 1.82) is 0 Å². The van der Waals surface area contributed by atoms with Crippen molar-refractivity contribution in [2.24, 2.45) is 0 Å². The second kappa shape index (κ2) is 6.60. The average Bonchev–Trinajstić information content (AvgIpc) is 2.97. The predicted molar refractivity (Wildman–Crippen MR) is 94.3 cm³/mol. The van der Waals surface area contributed by atoms with E-state index in [9.17, 15) is 9.18 Å². The van der Waals surface area contributed by atoms with Gasteiger partial charge < -0.3 is 5.32 Å². The van der Waals surface area contributed by atoms with Crippen LogP contribution < -0.4 is 5.32 Å². The van der Waals surface area contributed by atoms with Crippen molar-refractivity contribution in [2.45, 2.75) is 6.92 Å². The van der Waals surface area contributed by atoms with Crippen LogP contribution in [0.5, 0.6) is 0 Å². The Morgan fingerprint density at radius 1 is 1.22 bits per heavy atom. The molecular formula is C17H12BrFN2OS. The highest BCUT2D eigenvalue weighted by Gasteiger charge is 2.10. The molecule has 0 aliphatic heterocycles. The van der Waals surface area contributed by atoms with E-state index in [0.29, 0.717) is 10.0 Å². The lowest BCUT2D eigenvalue weighted by Crippen LogP contribution is -2.12. The van der Waals surface area contributed by atoms with Crippen molar-refractivity contribution in [3.05, 3.63) is 69.4 Å². The quantitative estimate of drug-likeness (QED) is 0.661. The Bertz CT molecular complexity index is 861. The van der Waals surface area contributed by atoms with E-state index >= 15 is 0 Å². The highest BCUT2D eigenvalue weighted by atomic mass is 79.9. The molecule has 0 saturated carbocycles. The normalized spacial score (nSPS) is 10.6. The largest absolute Gasteiger partial charge is 0.319 e. The zero-order valence-corrected chi connectivity index (χ0v) is 14.5. The van der Waals surface area contributed by atoms with Gasteiger partial charge in [0.15, 0.2) is 0 Å². The molecule has 0 aliphatic carbocycles. The molecule has 0 radical (unpaired) electrons. The number of carbonyl (C=O) groups excluding carboxylic acids is 1. The van der Waals surface area contributed by atoms with E-state index in [-0.39, 0.29) is 11.6 Å². The SMILES string of the molecule is Cc1csc(-c2ccc(C(=O)Nc3ccc(Br)cc3F)cc2)n1. The zero-order valence-electron chi connectivity index (χ0n) is 12.1. The summed E-state index contributed by atoms with van der Waals surface area (Å²) >= 11 is 4.74. The molecule has 0 spiro atoms. The lowest BCUT2D eigenvalue weighted by atomic mass is 10.1. The number of thiazole rings is 1. The summed E-state index contributed by atoms with van der Waals surface area (Å²) in [5, 5.41) is 5.46. The molecule has 1 heterocycles. The number of aryl methyl sites for hydroxylation is 1. The van der Waals surface area contributed by atoms with Gasteiger partial charge in [-0.3, -0.25) is 4.79 Å². The molecular weight excluding hydrogens is 379 g/mol. The molecule has 0 saturated heterocycles. The second-order valence-electron chi connectivity index (χ2n) is 4.95. The van der Waals surface area contributed by atoms with E-state index in [4.69, 9.17) is 0 Å². The number of hydrogen-bond donors (Lipinski definition) is 1. The van der Waals surface area contributed by atoms with Crippen molar-refractivity contribution in [3.63, 3.8) is 0 Å². The number of aromatic nitrogens is 1. The van der Waals surface area contributed by atoms with E-state index < -0.39 is 5.82 Å². The van der Waals surface area contributed by atoms with Gasteiger partial charge in [0.2, 0.25) is 0 Å². The molecule has 0 aliphatic rings. The number of hydrogen-bond acceptors (Lipinski definition) is 3. The summed E-state index contributed by atoms with van der Waals surface area (Å²) in [4.78, 5) is 16.6. The van der Waals surface area contributed by atoms with E-state index in [1.807, 2.05) is 24.4 Å². The lowest BCUT2D eigenvalue weighted by Gasteiger charge is -2.07. The van der Waals surface area contributed by atoms with Gasteiger partial charge in [-0.15, -0.1) is 11.3 Å². The van der Waals surface area contributed by atoms with Gasteiger partial charge in [0.25, 0.3) is 5.91 Å². The molecule has 3 nitrogen and oxygen atoms in total. The highest BCUT2D eigenvalue weighted by molar-refractivity contribution is 9.10. The number of carbonyl (C=O) groups is 1. The first-order chi connectivity index (χ1) is 11.0. The predicted octanol–water partition coefficient (Wildman–Crippen LogP) is 5.27. The fourth-order valence-corrected chi connectivity index (χ4v) is 3.17. The van der Waals surface area contributed by atoms with Crippen LogP contribution in [0.3, 0.4) is 0 Å². The maximum Gasteiger partial charge on any atom is 0.255 e. The highest BCUT2D eigenvalue weighted by Crippen LogP contribution is 2.24. The first-order valence-corrected chi connectivity index (χ1v) is 8.49. The minimum atomic E-state index is -0.484. The van der Waals surface area contributed by atoms with Crippen LogP contribution in [0, 0.1) is 12.7 Å². The molecule has 3 aromatic rings. The summed E-state index contributed by atoms with van der Waals surface area (Å²) in [5.41, 5.74) is 2.54. The number of rotatable bonds is 3. The fraction of sp³-hybridized carbons (Fsp3) is 0.0588. The van der Waals surface area contributed by atoms with Gasteiger partial charge in [-0.2, -0.15) is 0 Å². The first-order valence-electron chi connectivity index (χ1n) is 6.82. The van der Waals surface area contributed by atoms with E-state index in [1.54, 1.807) is 29.5 Å². The summed E-state index contributed by atoms with van der Waals surface area (Å²) in [7, 11) is 0. The van der Waals surface area contributed by atoms with E-state index in [1.165, 1.54) is 12.1 Å². The molecule has 0 unspecified atom stereocenters. The van der Waals surface area contributed by atoms with Gasteiger partial charge in [0, 0.05) is 26.7 Å². The third-order valence-corrected chi connectivity index (χ3v) is 4.69. The van der Waals surface area contributed by atoms with Crippen LogP contribution in [0.25, 0.3) is 10.6 Å². The topological polar surface area (TPSA) is 42.0 Å². The Hall–Kier alpha value is -2.05. The standard InChI is InChI=1S/C17H12BrFN2OS/c1-10-9-23-17(20-10)12-4-2-11(3-5-12)16(22)21-15-7-6-13(18)8-14(15)19/h2-9H,1H3,(H,21,22). The monoisotopic (exact) mass is 390 g/mol. The number of amides is 1. The van der Waals surface area contributed by atoms with Crippen LogP contribution in [-0.4, -0.2) is 10.9 Å². The van der Waals surface area contributed by atoms with Crippen LogP contribution in [0.2, 0.25) is 0 Å². The maximum atomic E-state index is 13.8. The molecule has 0 atom stereocenters. The average molecular weight is 391 g/mol. The Labute approximate surface area is 145 Å². The summed E-state index contributed by atoms with van der Waals surface area (Å²) in [6, 6.07) is 11.6. The van der Waals surface area contributed by atoms with Crippen LogP contribution in [-0.2, 0) is 0 Å².